The SMILES string of the molecule is C[C@@H](OC1OCCN[C@H]1c1ccc(F)cc1)c1cc(C(F)(F)F)cc(C(F)(F)F)c1. The number of alkyl halides is 6. The first-order valence-corrected chi connectivity index (χ1v) is 9.00. The molecule has 0 saturated carbocycles. The summed E-state index contributed by atoms with van der Waals surface area (Å²) in [5.74, 6) is -0.454. The molecule has 30 heavy (non-hydrogen) atoms. The molecule has 0 amide bonds. The van der Waals surface area contributed by atoms with Crippen LogP contribution in [0.1, 0.15) is 41.3 Å². The molecule has 1 fully saturated rings. The largest absolute Gasteiger partial charge is 0.416 e. The molecule has 1 aliphatic heterocycles. The molecule has 0 aromatic heterocycles. The summed E-state index contributed by atoms with van der Waals surface area (Å²) in [4.78, 5) is 0. The normalized spacial score (nSPS) is 21.5. The average molecular weight is 437 g/mol. The topological polar surface area (TPSA) is 30.5 Å². The van der Waals surface area contributed by atoms with Crippen LogP contribution in [0.4, 0.5) is 30.7 Å². The summed E-state index contributed by atoms with van der Waals surface area (Å²) in [6, 6.07) is 6.20. The van der Waals surface area contributed by atoms with Gasteiger partial charge in [-0.15, -0.1) is 0 Å². The van der Waals surface area contributed by atoms with Crippen molar-refractivity contribution in [3.8, 4) is 0 Å². The smallest absolute Gasteiger partial charge is 0.349 e. The second-order valence-corrected chi connectivity index (χ2v) is 6.84. The van der Waals surface area contributed by atoms with Crippen molar-refractivity contribution < 1.29 is 40.2 Å². The molecular weight excluding hydrogens is 419 g/mol. The molecule has 1 N–H and O–H groups in total. The molecule has 0 spiro atoms. The first-order valence-electron chi connectivity index (χ1n) is 9.00. The van der Waals surface area contributed by atoms with Crippen LogP contribution < -0.4 is 5.32 Å². The van der Waals surface area contributed by atoms with Gasteiger partial charge in [-0.2, -0.15) is 26.3 Å². The lowest BCUT2D eigenvalue weighted by atomic mass is 10.0. The van der Waals surface area contributed by atoms with Crippen LogP contribution in [0, 0.1) is 5.82 Å². The van der Waals surface area contributed by atoms with Gasteiger partial charge in [-0.1, -0.05) is 12.1 Å². The zero-order valence-electron chi connectivity index (χ0n) is 15.6. The van der Waals surface area contributed by atoms with Gasteiger partial charge < -0.3 is 14.8 Å². The summed E-state index contributed by atoms with van der Waals surface area (Å²) < 4.78 is 103. The van der Waals surface area contributed by atoms with E-state index in [-0.39, 0.29) is 18.2 Å². The van der Waals surface area contributed by atoms with Gasteiger partial charge in [0, 0.05) is 6.54 Å². The number of halogens is 7. The molecule has 1 heterocycles. The summed E-state index contributed by atoms with van der Waals surface area (Å²) in [7, 11) is 0. The molecular formula is C20H18F7NO2. The average Bonchev–Trinajstić information content (AvgIpc) is 2.67. The molecule has 164 valence electrons. The lowest BCUT2D eigenvalue weighted by molar-refractivity contribution is -0.200. The number of hydrogen-bond acceptors (Lipinski definition) is 3. The van der Waals surface area contributed by atoms with Crippen LogP contribution in [0.15, 0.2) is 42.5 Å². The third-order valence-corrected chi connectivity index (χ3v) is 4.67. The third kappa shape index (κ3) is 5.30. The van der Waals surface area contributed by atoms with E-state index >= 15 is 0 Å². The van der Waals surface area contributed by atoms with Gasteiger partial charge in [-0.3, -0.25) is 0 Å². The predicted molar refractivity (Wildman–Crippen MR) is 92.8 cm³/mol. The molecule has 1 saturated heterocycles. The van der Waals surface area contributed by atoms with Crippen LogP contribution >= 0.6 is 0 Å². The highest BCUT2D eigenvalue weighted by molar-refractivity contribution is 5.34. The summed E-state index contributed by atoms with van der Waals surface area (Å²) in [6.07, 6.45) is -12.0. The minimum absolute atomic E-state index is 0.0657. The Labute approximate surface area is 167 Å². The van der Waals surface area contributed by atoms with Crippen molar-refractivity contribution in [2.45, 2.75) is 37.7 Å². The van der Waals surface area contributed by atoms with Gasteiger partial charge in [-0.05, 0) is 48.4 Å². The van der Waals surface area contributed by atoms with Crippen molar-refractivity contribution in [1.82, 2.24) is 5.32 Å². The molecule has 0 aliphatic carbocycles. The van der Waals surface area contributed by atoms with Crippen LogP contribution in [0.5, 0.6) is 0 Å². The lowest BCUT2D eigenvalue weighted by Crippen LogP contribution is -2.43. The molecule has 1 aliphatic rings. The standard InChI is InChI=1S/C20H18F7NO2/c1-11(13-8-14(19(22,23)24)10-15(9-13)20(25,26)27)30-18-17(28-6-7-29-18)12-2-4-16(21)5-3-12/h2-5,8-11,17-18,28H,6-7H2,1H3/t11-,17+,18?/m1/s1. The van der Waals surface area contributed by atoms with Gasteiger partial charge in [0.15, 0.2) is 6.29 Å². The Balaban J connectivity index is 1.88. The highest BCUT2D eigenvalue weighted by Crippen LogP contribution is 2.38. The molecule has 1 unspecified atom stereocenters. The van der Waals surface area contributed by atoms with Crippen LogP contribution in [0.2, 0.25) is 0 Å². The van der Waals surface area contributed by atoms with Crippen LogP contribution in [-0.2, 0) is 21.8 Å². The van der Waals surface area contributed by atoms with E-state index in [1.165, 1.54) is 31.2 Å². The van der Waals surface area contributed by atoms with Crippen molar-refractivity contribution in [3.63, 3.8) is 0 Å². The van der Waals surface area contributed by atoms with Crippen molar-refractivity contribution in [1.29, 1.82) is 0 Å². The monoisotopic (exact) mass is 437 g/mol. The van der Waals surface area contributed by atoms with Gasteiger partial charge in [-0.25, -0.2) is 4.39 Å². The Hall–Kier alpha value is -2.17. The van der Waals surface area contributed by atoms with E-state index in [2.05, 4.69) is 5.32 Å². The van der Waals surface area contributed by atoms with Crippen LogP contribution in [0.3, 0.4) is 0 Å². The zero-order valence-corrected chi connectivity index (χ0v) is 15.6. The Morgan fingerprint density at radius 1 is 0.967 bits per heavy atom. The van der Waals surface area contributed by atoms with Gasteiger partial charge in [0.05, 0.1) is 29.9 Å². The van der Waals surface area contributed by atoms with Crippen LogP contribution in [0.25, 0.3) is 0 Å². The summed E-state index contributed by atoms with van der Waals surface area (Å²) in [5, 5.41) is 3.10. The molecule has 2 aromatic rings. The molecule has 0 radical (unpaired) electrons. The Kier molecular flexibility index (Phi) is 6.40. The molecule has 3 rings (SSSR count). The van der Waals surface area contributed by atoms with E-state index in [4.69, 9.17) is 9.47 Å². The summed E-state index contributed by atoms with van der Waals surface area (Å²) in [5.41, 5.74) is -2.52. The number of rotatable bonds is 4. The molecule has 0 bridgehead atoms. The summed E-state index contributed by atoms with van der Waals surface area (Å²) in [6.45, 7) is 2.01. The maximum atomic E-state index is 13.2. The van der Waals surface area contributed by atoms with Gasteiger partial charge >= 0.3 is 12.4 Å². The Morgan fingerprint density at radius 3 is 2.07 bits per heavy atom. The highest BCUT2D eigenvalue weighted by Gasteiger charge is 2.38. The van der Waals surface area contributed by atoms with Gasteiger partial charge in [0.2, 0.25) is 0 Å². The maximum Gasteiger partial charge on any atom is 0.416 e. The maximum absolute atomic E-state index is 13.2. The lowest BCUT2D eigenvalue weighted by Gasteiger charge is -2.34. The minimum Gasteiger partial charge on any atom is -0.349 e. The van der Waals surface area contributed by atoms with Crippen LogP contribution in [-0.4, -0.2) is 19.4 Å². The van der Waals surface area contributed by atoms with Gasteiger partial charge in [0.1, 0.15) is 5.82 Å². The van der Waals surface area contributed by atoms with E-state index in [0.29, 0.717) is 24.2 Å². The number of morpholine rings is 1. The second kappa shape index (κ2) is 8.52. The second-order valence-electron chi connectivity index (χ2n) is 6.84. The molecule has 3 atom stereocenters. The first-order chi connectivity index (χ1) is 13.9. The zero-order chi connectivity index (χ0) is 22.1. The summed E-state index contributed by atoms with van der Waals surface area (Å²) >= 11 is 0. The fourth-order valence-corrected chi connectivity index (χ4v) is 3.14. The van der Waals surface area contributed by atoms with Crippen molar-refractivity contribution in [3.05, 3.63) is 70.5 Å². The van der Waals surface area contributed by atoms with Crippen molar-refractivity contribution in [2.24, 2.45) is 0 Å². The molecule has 3 nitrogen and oxygen atoms in total. The van der Waals surface area contributed by atoms with E-state index in [1.807, 2.05) is 0 Å². The first kappa shape index (κ1) is 22.5. The third-order valence-electron chi connectivity index (χ3n) is 4.67. The van der Waals surface area contributed by atoms with Crippen molar-refractivity contribution in [2.75, 3.05) is 13.2 Å². The van der Waals surface area contributed by atoms with E-state index < -0.39 is 47.7 Å². The number of hydrogen-bond donors (Lipinski definition) is 1. The van der Waals surface area contributed by atoms with E-state index in [1.54, 1.807) is 0 Å². The predicted octanol–water partition coefficient (Wildman–Crippen LogP) is 5.63. The Bertz CT molecular complexity index is 833. The highest BCUT2D eigenvalue weighted by atomic mass is 19.4. The molecule has 2 aromatic carbocycles. The molecule has 10 heteroatoms. The van der Waals surface area contributed by atoms with E-state index in [0.717, 1.165) is 0 Å². The number of ether oxygens (including phenoxy) is 2. The number of nitrogens with one attached hydrogen (secondary N) is 1. The number of benzene rings is 2. The fourth-order valence-electron chi connectivity index (χ4n) is 3.14. The quantitative estimate of drug-likeness (QED) is 0.630. The minimum atomic E-state index is -4.95. The Morgan fingerprint density at radius 2 is 1.53 bits per heavy atom. The van der Waals surface area contributed by atoms with Gasteiger partial charge in [0.25, 0.3) is 0 Å². The fraction of sp³-hybridized carbons (Fsp3) is 0.400. The van der Waals surface area contributed by atoms with Crippen molar-refractivity contribution >= 4 is 0 Å². The van der Waals surface area contributed by atoms with E-state index in [9.17, 15) is 30.7 Å².